The fourth-order valence-corrected chi connectivity index (χ4v) is 3.99. The Balaban J connectivity index is 2.34. The number of aromatic nitrogens is 1. The van der Waals surface area contributed by atoms with E-state index in [2.05, 4.69) is 10.3 Å². The first-order chi connectivity index (χ1) is 9.48. The van der Waals surface area contributed by atoms with E-state index in [9.17, 15) is 8.42 Å². The average molecular weight is 299 g/mol. The molecular weight excluding hydrogens is 278 g/mol. The summed E-state index contributed by atoms with van der Waals surface area (Å²) in [4.78, 5) is 4.33. The van der Waals surface area contributed by atoms with Gasteiger partial charge >= 0.3 is 0 Å². The maximum absolute atomic E-state index is 12.8. The third-order valence-corrected chi connectivity index (χ3v) is 5.49. The van der Waals surface area contributed by atoms with Gasteiger partial charge in [-0.05, 0) is 32.4 Å². The van der Waals surface area contributed by atoms with Crippen molar-refractivity contribution in [1.29, 1.82) is 0 Å². The summed E-state index contributed by atoms with van der Waals surface area (Å²) in [6.07, 6.45) is 2.21. The predicted molar refractivity (Wildman–Crippen MR) is 77.2 cm³/mol. The van der Waals surface area contributed by atoms with E-state index in [1.165, 1.54) is 4.31 Å². The molecule has 1 aliphatic heterocycles. The van der Waals surface area contributed by atoms with Crippen LogP contribution in [0, 0.1) is 0 Å². The van der Waals surface area contributed by atoms with Gasteiger partial charge in [0.2, 0.25) is 10.0 Å². The van der Waals surface area contributed by atoms with Gasteiger partial charge in [0, 0.05) is 26.4 Å². The van der Waals surface area contributed by atoms with Crippen molar-refractivity contribution in [3.8, 4) is 0 Å². The zero-order valence-corrected chi connectivity index (χ0v) is 12.9. The second-order valence-electron chi connectivity index (χ2n) is 4.83. The number of sulfonamides is 1. The summed E-state index contributed by atoms with van der Waals surface area (Å²) >= 11 is 0. The van der Waals surface area contributed by atoms with Gasteiger partial charge in [-0.15, -0.1) is 0 Å². The molecule has 2 rings (SSSR count). The van der Waals surface area contributed by atoms with Crippen molar-refractivity contribution in [2.24, 2.45) is 0 Å². The van der Waals surface area contributed by atoms with Crippen molar-refractivity contribution in [3.05, 3.63) is 18.3 Å². The van der Waals surface area contributed by atoms with Gasteiger partial charge in [0.15, 0.2) is 0 Å². The van der Waals surface area contributed by atoms with Crippen LogP contribution in [0.15, 0.2) is 23.2 Å². The maximum Gasteiger partial charge on any atom is 0.246 e. The Kier molecular flexibility index (Phi) is 4.62. The number of likely N-dealkylation sites (N-methyl/N-ethyl adjacent to an activating group) is 1. The molecule has 1 fully saturated rings. The van der Waals surface area contributed by atoms with Gasteiger partial charge in [-0.1, -0.05) is 0 Å². The summed E-state index contributed by atoms with van der Waals surface area (Å²) < 4.78 is 32.4. The first-order valence-electron chi connectivity index (χ1n) is 6.77. The molecule has 2 heterocycles. The quantitative estimate of drug-likeness (QED) is 0.887. The minimum absolute atomic E-state index is 0.0889. The van der Waals surface area contributed by atoms with Gasteiger partial charge in [0.25, 0.3) is 0 Å². The normalized spacial score (nSPS) is 23.2. The molecule has 0 saturated carbocycles. The number of pyridine rings is 1. The van der Waals surface area contributed by atoms with Crippen molar-refractivity contribution in [2.45, 2.75) is 37.3 Å². The molecule has 1 saturated heterocycles. The molecule has 0 bridgehead atoms. The molecule has 1 aromatic heterocycles. The Bertz CT molecular complexity index is 562. The zero-order chi connectivity index (χ0) is 14.8. The summed E-state index contributed by atoms with van der Waals surface area (Å²) in [5.74, 6) is 0.397. The van der Waals surface area contributed by atoms with E-state index in [0.717, 1.165) is 0 Å². The minimum atomic E-state index is -3.58. The van der Waals surface area contributed by atoms with E-state index in [1.54, 1.807) is 25.4 Å². The lowest BCUT2D eigenvalue weighted by molar-refractivity contribution is 0.102. The van der Waals surface area contributed by atoms with Crippen molar-refractivity contribution in [1.82, 2.24) is 9.29 Å². The molecule has 112 valence electrons. The SMILES string of the molecule is CCNc1ncccc1S(=O)(=O)N(C)C1CCOC1C. The molecule has 7 heteroatoms. The summed E-state index contributed by atoms with van der Waals surface area (Å²) in [7, 11) is -1.97. The molecule has 20 heavy (non-hydrogen) atoms. The first-order valence-corrected chi connectivity index (χ1v) is 8.21. The molecule has 0 aromatic carbocycles. The van der Waals surface area contributed by atoms with Crippen LogP contribution in [-0.2, 0) is 14.8 Å². The van der Waals surface area contributed by atoms with E-state index in [1.807, 2.05) is 13.8 Å². The number of ether oxygens (including phenoxy) is 1. The van der Waals surface area contributed by atoms with Crippen molar-refractivity contribution in [3.63, 3.8) is 0 Å². The number of nitrogens with zero attached hydrogens (tertiary/aromatic N) is 2. The monoisotopic (exact) mass is 299 g/mol. The molecule has 0 amide bonds. The van der Waals surface area contributed by atoms with Gasteiger partial charge in [-0.25, -0.2) is 13.4 Å². The Morgan fingerprint density at radius 1 is 1.55 bits per heavy atom. The van der Waals surface area contributed by atoms with Gasteiger partial charge < -0.3 is 10.1 Å². The maximum atomic E-state index is 12.8. The number of nitrogens with one attached hydrogen (secondary N) is 1. The number of rotatable bonds is 5. The summed E-state index contributed by atoms with van der Waals surface area (Å²) in [5, 5.41) is 2.99. The fraction of sp³-hybridized carbons (Fsp3) is 0.615. The van der Waals surface area contributed by atoms with Crippen LogP contribution in [0.5, 0.6) is 0 Å². The van der Waals surface area contributed by atoms with E-state index in [0.29, 0.717) is 25.4 Å². The average Bonchev–Trinajstić information content (AvgIpc) is 2.85. The van der Waals surface area contributed by atoms with Crippen LogP contribution in [0.3, 0.4) is 0 Å². The highest BCUT2D eigenvalue weighted by molar-refractivity contribution is 7.89. The van der Waals surface area contributed by atoms with E-state index >= 15 is 0 Å². The highest BCUT2D eigenvalue weighted by Gasteiger charge is 2.36. The lowest BCUT2D eigenvalue weighted by atomic mass is 10.2. The molecular formula is C13H21N3O3S. The Morgan fingerprint density at radius 2 is 2.30 bits per heavy atom. The molecule has 2 unspecified atom stereocenters. The lowest BCUT2D eigenvalue weighted by Crippen LogP contribution is -2.41. The molecule has 0 radical (unpaired) electrons. The highest BCUT2D eigenvalue weighted by Crippen LogP contribution is 2.27. The molecule has 2 atom stereocenters. The first kappa shape index (κ1) is 15.2. The largest absolute Gasteiger partial charge is 0.377 e. The second-order valence-corrected chi connectivity index (χ2v) is 6.80. The van der Waals surface area contributed by atoms with Gasteiger partial charge in [0.1, 0.15) is 10.7 Å². The van der Waals surface area contributed by atoms with E-state index < -0.39 is 10.0 Å². The number of hydrogen-bond acceptors (Lipinski definition) is 5. The molecule has 1 N–H and O–H groups in total. The Morgan fingerprint density at radius 3 is 2.90 bits per heavy atom. The molecule has 0 spiro atoms. The van der Waals surface area contributed by atoms with Crippen LogP contribution >= 0.6 is 0 Å². The van der Waals surface area contributed by atoms with Crippen LogP contribution in [0.4, 0.5) is 5.82 Å². The van der Waals surface area contributed by atoms with Crippen molar-refractivity contribution < 1.29 is 13.2 Å². The standard InChI is InChI=1S/C13H21N3O3S/c1-4-14-13-12(6-5-8-15-13)20(17,18)16(3)11-7-9-19-10(11)2/h5-6,8,10-11H,4,7,9H2,1-3H3,(H,14,15). The highest BCUT2D eigenvalue weighted by atomic mass is 32.2. The summed E-state index contributed by atoms with van der Waals surface area (Å²) in [6, 6.07) is 3.09. The van der Waals surface area contributed by atoms with Crippen LogP contribution < -0.4 is 5.32 Å². The topological polar surface area (TPSA) is 71.5 Å². The molecule has 0 aliphatic carbocycles. The van der Waals surface area contributed by atoms with Crippen molar-refractivity contribution >= 4 is 15.8 Å². The number of hydrogen-bond donors (Lipinski definition) is 1. The van der Waals surface area contributed by atoms with Crippen LogP contribution in [0.1, 0.15) is 20.3 Å². The van der Waals surface area contributed by atoms with Gasteiger partial charge in [0.05, 0.1) is 12.1 Å². The van der Waals surface area contributed by atoms with Crippen molar-refractivity contribution in [2.75, 3.05) is 25.5 Å². The predicted octanol–water partition coefficient (Wildman–Crippen LogP) is 1.31. The number of anilines is 1. The van der Waals surface area contributed by atoms with Crippen LogP contribution in [0.2, 0.25) is 0 Å². The van der Waals surface area contributed by atoms with Gasteiger partial charge in [-0.2, -0.15) is 4.31 Å². The summed E-state index contributed by atoms with van der Waals surface area (Å²) in [6.45, 7) is 5.02. The smallest absolute Gasteiger partial charge is 0.246 e. The molecule has 1 aromatic rings. The third-order valence-electron chi connectivity index (χ3n) is 3.58. The zero-order valence-electron chi connectivity index (χ0n) is 12.0. The van der Waals surface area contributed by atoms with Crippen LogP contribution in [-0.4, -0.2) is 50.1 Å². The van der Waals surface area contributed by atoms with E-state index in [-0.39, 0.29) is 17.0 Å². The second kappa shape index (κ2) is 6.07. The third kappa shape index (κ3) is 2.79. The lowest BCUT2D eigenvalue weighted by Gasteiger charge is -2.26. The Labute approximate surface area is 120 Å². The van der Waals surface area contributed by atoms with Crippen LogP contribution in [0.25, 0.3) is 0 Å². The van der Waals surface area contributed by atoms with Gasteiger partial charge in [-0.3, -0.25) is 0 Å². The Hall–Kier alpha value is -1.18. The summed E-state index contributed by atoms with van der Waals surface area (Å²) in [5.41, 5.74) is 0. The molecule has 1 aliphatic rings. The molecule has 6 nitrogen and oxygen atoms in total. The fourth-order valence-electron chi connectivity index (χ4n) is 2.43. The van der Waals surface area contributed by atoms with E-state index in [4.69, 9.17) is 4.74 Å². The minimum Gasteiger partial charge on any atom is -0.377 e.